The summed E-state index contributed by atoms with van der Waals surface area (Å²) in [6.45, 7) is 10.7. The molecule has 2 aliphatic rings. The Bertz CT molecular complexity index is 545. The molecule has 0 aliphatic carbocycles. The number of ether oxygens (including phenoxy) is 2. The van der Waals surface area contributed by atoms with E-state index >= 15 is 0 Å². The lowest BCUT2D eigenvalue weighted by atomic mass is 9.98. The molecule has 4 nitrogen and oxygen atoms in total. The van der Waals surface area contributed by atoms with Gasteiger partial charge in [-0.05, 0) is 26.7 Å². The Balaban J connectivity index is 1.91. The van der Waals surface area contributed by atoms with Crippen molar-refractivity contribution in [1.82, 2.24) is 0 Å². The monoisotopic (exact) mass is 319 g/mol. The summed E-state index contributed by atoms with van der Waals surface area (Å²) < 4.78 is 12.0. The van der Waals surface area contributed by atoms with Crippen LogP contribution in [0.15, 0.2) is 30.3 Å². The van der Waals surface area contributed by atoms with Crippen molar-refractivity contribution >= 4 is 0 Å². The van der Waals surface area contributed by atoms with Crippen LogP contribution in [0.5, 0.6) is 0 Å². The third-order valence-corrected chi connectivity index (χ3v) is 5.25. The first-order valence-electron chi connectivity index (χ1n) is 8.71. The summed E-state index contributed by atoms with van der Waals surface area (Å²) in [6.07, 6.45) is 0.639. The van der Waals surface area contributed by atoms with E-state index in [4.69, 9.17) is 9.47 Å². The molecule has 0 aromatic heterocycles. The minimum absolute atomic E-state index is 0.0722. The molecule has 0 bridgehead atoms. The average molecular weight is 319 g/mol. The van der Waals surface area contributed by atoms with Crippen molar-refractivity contribution in [2.75, 3.05) is 0 Å². The van der Waals surface area contributed by atoms with Crippen molar-refractivity contribution in [3.8, 4) is 0 Å². The first kappa shape index (κ1) is 16.9. The first-order chi connectivity index (χ1) is 10.7. The van der Waals surface area contributed by atoms with Gasteiger partial charge in [-0.15, -0.1) is 0 Å². The van der Waals surface area contributed by atoms with E-state index in [1.165, 1.54) is 0 Å². The van der Waals surface area contributed by atoms with Crippen LogP contribution in [0.2, 0.25) is 0 Å². The average Bonchev–Trinajstić information content (AvgIpc) is 2.87. The maximum absolute atomic E-state index is 13.9. The van der Waals surface area contributed by atoms with Crippen molar-refractivity contribution in [1.29, 1.82) is 0 Å². The molecule has 2 fully saturated rings. The van der Waals surface area contributed by atoms with Gasteiger partial charge in [-0.25, -0.2) is 0 Å². The van der Waals surface area contributed by atoms with E-state index < -0.39 is 5.79 Å². The van der Waals surface area contributed by atoms with Crippen LogP contribution in [0.1, 0.15) is 46.6 Å². The topological polar surface area (TPSA) is 41.5 Å². The zero-order chi connectivity index (χ0) is 16.8. The van der Waals surface area contributed by atoms with Gasteiger partial charge in [-0.3, -0.25) is 0 Å². The molecule has 1 aromatic carbocycles. The third kappa shape index (κ3) is 3.05. The maximum Gasteiger partial charge on any atom is 0.164 e. The Morgan fingerprint density at radius 3 is 2.35 bits per heavy atom. The van der Waals surface area contributed by atoms with E-state index in [9.17, 15) is 5.21 Å². The largest absolute Gasteiger partial charge is 0.632 e. The normalized spacial score (nSPS) is 38.9. The van der Waals surface area contributed by atoms with Crippen LogP contribution in [0.4, 0.5) is 0 Å². The highest BCUT2D eigenvalue weighted by Gasteiger charge is 2.62. The fourth-order valence-electron chi connectivity index (χ4n) is 4.21. The summed E-state index contributed by atoms with van der Waals surface area (Å²) >= 11 is 0. The second kappa shape index (κ2) is 5.85. The molecular formula is C19H29NO3. The Morgan fingerprint density at radius 1 is 1.13 bits per heavy atom. The lowest BCUT2D eigenvalue weighted by Gasteiger charge is -2.49. The van der Waals surface area contributed by atoms with Crippen molar-refractivity contribution in [2.45, 2.75) is 77.7 Å². The molecule has 2 heterocycles. The number of nitrogens with zero attached hydrogens (tertiary/aromatic N) is 1. The van der Waals surface area contributed by atoms with Gasteiger partial charge in [0.1, 0.15) is 30.8 Å². The zero-order valence-corrected chi connectivity index (χ0v) is 14.9. The van der Waals surface area contributed by atoms with Crippen molar-refractivity contribution < 1.29 is 14.1 Å². The minimum Gasteiger partial charge on any atom is -0.632 e. The van der Waals surface area contributed by atoms with E-state index in [0.29, 0.717) is 12.5 Å². The number of rotatable bonds is 4. The lowest BCUT2D eigenvalue weighted by Crippen LogP contribution is -2.54. The fourth-order valence-corrected chi connectivity index (χ4v) is 4.21. The van der Waals surface area contributed by atoms with E-state index in [1.807, 2.05) is 51.1 Å². The molecule has 23 heavy (non-hydrogen) atoms. The van der Waals surface area contributed by atoms with Crippen LogP contribution in [0.3, 0.4) is 0 Å². The van der Waals surface area contributed by atoms with Crippen molar-refractivity contribution in [2.24, 2.45) is 5.92 Å². The Labute approximate surface area is 139 Å². The molecule has 1 aromatic rings. The number of fused-ring (bicyclic) bond motifs is 1. The molecule has 128 valence electrons. The predicted octanol–water partition coefficient (Wildman–Crippen LogP) is 3.84. The summed E-state index contributed by atoms with van der Waals surface area (Å²) in [5.74, 6) is -0.128. The highest BCUT2D eigenvalue weighted by molar-refractivity contribution is 5.14. The van der Waals surface area contributed by atoms with Crippen LogP contribution >= 0.6 is 0 Å². The predicted molar refractivity (Wildman–Crippen MR) is 90.3 cm³/mol. The number of likely N-dealkylation sites (tertiary alicyclic amines) is 1. The third-order valence-electron chi connectivity index (χ3n) is 5.25. The summed E-state index contributed by atoms with van der Waals surface area (Å²) in [6, 6.07) is 9.87. The van der Waals surface area contributed by atoms with Gasteiger partial charge >= 0.3 is 0 Å². The molecule has 2 saturated heterocycles. The molecule has 2 aliphatic heterocycles. The molecule has 4 heteroatoms. The Hall–Kier alpha value is -0.940. The van der Waals surface area contributed by atoms with Crippen molar-refractivity contribution in [3.63, 3.8) is 0 Å². The Kier molecular flexibility index (Phi) is 4.30. The van der Waals surface area contributed by atoms with Gasteiger partial charge < -0.3 is 19.3 Å². The molecule has 5 atom stereocenters. The second-order valence-electron chi connectivity index (χ2n) is 8.00. The zero-order valence-electron chi connectivity index (χ0n) is 14.9. The van der Waals surface area contributed by atoms with Gasteiger partial charge in [0, 0.05) is 12.0 Å². The summed E-state index contributed by atoms with van der Waals surface area (Å²) in [5.41, 5.74) is 1.09. The molecule has 3 rings (SSSR count). The first-order valence-corrected chi connectivity index (χ1v) is 8.71. The number of hydrogen-bond donors (Lipinski definition) is 0. The van der Waals surface area contributed by atoms with Gasteiger partial charge in [0.05, 0.1) is 0 Å². The van der Waals surface area contributed by atoms with Gasteiger partial charge in [0.2, 0.25) is 0 Å². The Morgan fingerprint density at radius 2 is 1.74 bits per heavy atom. The standard InChI is InChI=1S/C19H29NO3/c1-13(2)11-16-18-17(22-19(4,5)23-18)14(3)20(16,21)12-15-9-7-6-8-10-15/h6-10,13-14,16-18H,11-12H2,1-5H3/t14-,16+,17+,18-,20-/m0/s1. The van der Waals surface area contributed by atoms with Crippen molar-refractivity contribution in [3.05, 3.63) is 41.1 Å². The van der Waals surface area contributed by atoms with E-state index in [0.717, 1.165) is 12.0 Å². The van der Waals surface area contributed by atoms with Crippen LogP contribution in [-0.4, -0.2) is 34.7 Å². The lowest BCUT2D eigenvalue weighted by molar-refractivity contribution is -0.931. The highest BCUT2D eigenvalue weighted by Crippen LogP contribution is 2.46. The summed E-state index contributed by atoms with van der Waals surface area (Å²) in [5, 5.41) is 13.9. The quantitative estimate of drug-likeness (QED) is 0.625. The SMILES string of the molecule is CC(C)C[C@@H]1[C@@H]2OC(C)(C)O[C@@H]2[C@H](C)[N@@+]1([O-])Cc1ccccc1. The van der Waals surface area contributed by atoms with Gasteiger partial charge in [-0.2, -0.15) is 0 Å². The van der Waals surface area contributed by atoms with Crippen LogP contribution < -0.4 is 0 Å². The molecule has 0 spiro atoms. The number of benzene rings is 1. The summed E-state index contributed by atoms with van der Waals surface area (Å²) in [4.78, 5) is 0. The van der Waals surface area contributed by atoms with Crippen LogP contribution in [0.25, 0.3) is 0 Å². The van der Waals surface area contributed by atoms with E-state index in [2.05, 4.69) is 13.8 Å². The molecule has 0 radical (unpaired) electrons. The van der Waals surface area contributed by atoms with Gasteiger partial charge in [0.25, 0.3) is 0 Å². The molecule has 0 saturated carbocycles. The molecule has 0 unspecified atom stereocenters. The van der Waals surface area contributed by atoms with Crippen LogP contribution in [-0.2, 0) is 16.0 Å². The highest BCUT2D eigenvalue weighted by atomic mass is 16.8. The van der Waals surface area contributed by atoms with E-state index in [-0.39, 0.29) is 28.9 Å². The van der Waals surface area contributed by atoms with Gasteiger partial charge in [0.15, 0.2) is 5.79 Å². The molecule has 0 amide bonds. The van der Waals surface area contributed by atoms with Gasteiger partial charge in [-0.1, -0.05) is 44.2 Å². The van der Waals surface area contributed by atoms with E-state index in [1.54, 1.807) is 0 Å². The minimum atomic E-state index is -0.586. The fraction of sp³-hybridized carbons (Fsp3) is 0.684. The number of quaternary nitrogens is 1. The maximum atomic E-state index is 13.9. The summed E-state index contributed by atoms with van der Waals surface area (Å²) in [7, 11) is 0. The second-order valence-corrected chi connectivity index (χ2v) is 8.00. The molecular weight excluding hydrogens is 290 g/mol. The number of hydroxylamine groups is 3. The molecule has 0 N–H and O–H groups in total. The number of hydrogen-bond acceptors (Lipinski definition) is 3. The smallest absolute Gasteiger partial charge is 0.164 e. The van der Waals surface area contributed by atoms with Crippen LogP contribution in [0, 0.1) is 11.1 Å².